The van der Waals surface area contributed by atoms with Crippen LogP contribution in [0.25, 0.3) is 28.2 Å². The molecule has 1 saturated carbocycles. The lowest BCUT2D eigenvalue weighted by Crippen LogP contribution is -2.21. The predicted molar refractivity (Wildman–Crippen MR) is 118 cm³/mol. The zero-order valence-electron chi connectivity index (χ0n) is 17.0. The maximum absolute atomic E-state index is 13.6. The normalized spacial score (nSPS) is 15.2. The van der Waals surface area contributed by atoms with Crippen molar-refractivity contribution in [2.75, 3.05) is 17.3 Å². The van der Waals surface area contributed by atoms with Crippen molar-refractivity contribution in [2.45, 2.75) is 25.3 Å². The molecule has 0 unspecified atom stereocenters. The summed E-state index contributed by atoms with van der Waals surface area (Å²) in [5.74, 6) is 0.547. The van der Waals surface area contributed by atoms with Gasteiger partial charge in [-0.1, -0.05) is 6.07 Å². The molecule has 6 rings (SSSR count). The summed E-state index contributed by atoms with van der Waals surface area (Å²) in [5, 5.41) is 2.88. The van der Waals surface area contributed by atoms with Crippen molar-refractivity contribution in [1.82, 2.24) is 14.4 Å². The van der Waals surface area contributed by atoms with Crippen molar-refractivity contribution < 1.29 is 9.18 Å². The summed E-state index contributed by atoms with van der Waals surface area (Å²) in [7, 11) is 2.05. The van der Waals surface area contributed by atoms with Gasteiger partial charge in [0.15, 0.2) is 11.5 Å². The maximum Gasteiger partial charge on any atom is 0.228 e. The fourth-order valence-electron chi connectivity index (χ4n) is 4.31. The number of fused-ring (bicyclic) bond motifs is 2. The highest BCUT2D eigenvalue weighted by Gasteiger charge is 2.30. The Morgan fingerprint density at radius 2 is 1.90 bits per heavy atom. The molecule has 2 aromatic heterocycles. The van der Waals surface area contributed by atoms with Crippen LogP contribution in [0.3, 0.4) is 0 Å². The van der Waals surface area contributed by atoms with Gasteiger partial charge in [-0.15, -0.1) is 0 Å². The molecule has 31 heavy (non-hydrogen) atoms. The molecule has 2 aromatic carbocycles. The summed E-state index contributed by atoms with van der Waals surface area (Å²) < 4.78 is 15.6. The van der Waals surface area contributed by atoms with Gasteiger partial charge in [-0.05, 0) is 54.8 Å². The third-order valence-electron chi connectivity index (χ3n) is 6.07. The molecular formula is C24H20FN5O. The maximum atomic E-state index is 13.6. The van der Waals surface area contributed by atoms with Crippen LogP contribution >= 0.6 is 0 Å². The molecule has 6 nitrogen and oxygen atoms in total. The molecule has 1 amide bonds. The van der Waals surface area contributed by atoms with Crippen LogP contribution in [0.4, 0.5) is 15.9 Å². The number of halogens is 1. The Bertz CT molecular complexity index is 1340. The number of nitrogens with one attached hydrogen (secondary N) is 1. The second kappa shape index (κ2) is 6.63. The number of hydrogen-bond donors (Lipinski definition) is 1. The molecule has 154 valence electrons. The molecule has 1 aliphatic heterocycles. The summed E-state index contributed by atoms with van der Waals surface area (Å²) in [6.45, 7) is 0. The van der Waals surface area contributed by atoms with Gasteiger partial charge in [0.05, 0.1) is 17.8 Å². The van der Waals surface area contributed by atoms with E-state index in [1.807, 2.05) is 28.8 Å². The zero-order valence-corrected chi connectivity index (χ0v) is 17.0. The average Bonchev–Trinajstić information content (AvgIpc) is 3.44. The molecule has 1 aliphatic carbocycles. The lowest BCUT2D eigenvalue weighted by Gasteiger charge is -2.17. The van der Waals surface area contributed by atoms with Gasteiger partial charge in [0.1, 0.15) is 5.82 Å². The van der Waals surface area contributed by atoms with Gasteiger partial charge in [0, 0.05) is 42.3 Å². The smallest absolute Gasteiger partial charge is 0.228 e. The van der Waals surface area contributed by atoms with Crippen LogP contribution in [0.15, 0.2) is 54.9 Å². The number of imidazole rings is 1. The fourth-order valence-corrected chi connectivity index (χ4v) is 4.31. The predicted octanol–water partition coefficient (Wildman–Crippen LogP) is 4.30. The van der Waals surface area contributed by atoms with Gasteiger partial charge < -0.3 is 10.2 Å². The van der Waals surface area contributed by atoms with Crippen molar-refractivity contribution in [3.63, 3.8) is 0 Å². The second-order valence-electron chi connectivity index (χ2n) is 8.20. The van der Waals surface area contributed by atoms with E-state index in [9.17, 15) is 9.18 Å². The Labute approximate surface area is 178 Å². The third-order valence-corrected chi connectivity index (χ3v) is 6.07. The summed E-state index contributed by atoms with van der Waals surface area (Å²) in [6, 6.07) is 12.8. The highest BCUT2D eigenvalue weighted by molar-refractivity contribution is 6.00. The number of nitrogens with zero attached hydrogens (tertiary/aromatic N) is 4. The number of rotatable bonds is 4. The van der Waals surface area contributed by atoms with E-state index in [0.29, 0.717) is 12.5 Å². The quantitative estimate of drug-likeness (QED) is 0.542. The van der Waals surface area contributed by atoms with Crippen LogP contribution in [0.2, 0.25) is 0 Å². The number of carbonyl (C=O) groups excluding carboxylic acids is 1. The first-order valence-corrected chi connectivity index (χ1v) is 10.4. The Morgan fingerprint density at radius 1 is 1.13 bits per heavy atom. The zero-order chi connectivity index (χ0) is 21.1. The standard InChI is InChI=1S/C24H20FN5O/c1-29(18-7-8-18)23-24-28-21(14-2-5-17(25)6-3-14)22(30(24)11-10-26-23)15-4-9-19-16(12-15)13-20(31)27-19/h2-6,9-12,18H,7-8,13H2,1H3,(H,27,31). The van der Waals surface area contributed by atoms with Crippen molar-refractivity contribution in [3.8, 4) is 22.5 Å². The monoisotopic (exact) mass is 413 g/mol. The lowest BCUT2D eigenvalue weighted by molar-refractivity contribution is -0.115. The van der Waals surface area contributed by atoms with Gasteiger partial charge in [0.2, 0.25) is 5.91 Å². The summed E-state index contributed by atoms with van der Waals surface area (Å²) in [4.78, 5) is 23.6. The molecule has 0 atom stereocenters. The van der Waals surface area contributed by atoms with Crippen LogP contribution < -0.4 is 10.2 Å². The number of amides is 1. The van der Waals surface area contributed by atoms with E-state index in [1.54, 1.807) is 18.3 Å². The average molecular weight is 413 g/mol. The Balaban J connectivity index is 1.60. The first kappa shape index (κ1) is 18.1. The van der Waals surface area contributed by atoms with Gasteiger partial charge in [0.25, 0.3) is 0 Å². The first-order valence-electron chi connectivity index (χ1n) is 10.4. The topological polar surface area (TPSA) is 62.5 Å². The number of hydrogen-bond acceptors (Lipinski definition) is 4. The Morgan fingerprint density at radius 3 is 2.68 bits per heavy atom. The Hall–Kier alpha value is -3.74. The molecule has 1 fully saturated rings. The van der Waals surface area contributed by atoms with Crippen LogP contribution in [0.5, 0.6) is 0 Å². The Kier molecular flexibility index (Phi) is 3.86. The lowest BCUT2D eigenvalue weighted by atomic mass is 10.0. The molecular weight excluding hydrogens is 393 g/mol. The molecule has 7 heteroatoms. The first-order chi connectivity index (χ1) is 15.1. The SMILES string of the molecule is CN(c1nccn2c(-c3ccc4c(c3)CC(=O)N4)c(-c3ccc(F)cc3)nc12)C1CC1. The molecule has 2 aliphatic rings. The van der Waals surface area contributed by atoms with Crippen LogP contribution in [-0.2, 0) is 11.2 Å². The van der Waals surface area contributed by atoms with Gasteiger partial charge in [-0.3, -0.25) is 9.20 Å². The summed E-state index contributed by atoms with van der Waals surface area (Å²) >= 11 is 0. The van der Waals surface area contributed by atoms with Crippen molar-refractivity contribution >= 4 is 23.1 Å². The van der Waals surface area contributed by atoms with Gasteiger partial charge in [-0.2, -0.15) is 0 Å². The molecule has 0 spiro atoms. The minimum atomic E-state index is -0.285. The number of anilines is 2. The van der Waals surface area contributed by atoms with Crippen molar-refractivity contribution in [3.05, 3.63) is 66.2 Å². The van der Waals surface area contributed by atoms with Crippen LogP contribution in [0.1, 0.15) is 18.4 Å². The minimum Gasteiger partial charge on any atom is -0.354 e. The second-order valence-corrected chi connectivity index (χ2v) is 8.20. The molecule has 4 aromatic rings. The molecule has 0 bridgehead atoms. The van der Waals surface area contributed by atoms with Crippen LogP contribution in [0, 0.1) is 5.82 Å². The van der Waals surface area contributed by atoms with E-state index in [4.69, 9.17) is 4.98 Å². The summed E-state index contributed by atoms with van der Waals surface area (Å²) in [6.07, 6.45) is 6.38. The molecule has 0 saturated heterocycles. The van der Waals surface area contributed by atoms with E-state index < -0.39 is 0 Å². The van der Waals surface area contributed by atoms with Gasteiger partial charge >= 0.3 is 0 Å². The van der Waals surface area contributed by atoms with Crippen LogP contribution in [-0.4, -0.2) is 33.4 Å². The van der Waals surface area contributed by atoms with E-state index in [2.05, 4.69) is 22.2 Å². The highest BCUT2D eigenvalue weighted by atomic mass is 19.1. The van der Waals surface area contributed by atoms with Gasteiger partial charge in [-0.25, -0.2) is 14.4 Å². The largest absolute Gasteiger partial charge is 0.354 e. The molecule has 3 heterocycles. The van der Waals surface area contributed by atoms with E-state index >= 15 is 0 Å². The van der Waals surface area contributed by atoms with E-state index in [0.717, 1.165) is 58.1 Å². The van der Waals surface area contributed by atoms with E-state index in [-0.39, 0.29) is 11.7 Å². The molecule has 1 N–H and O–H groups in total. The number of aromatic nitrogens is 3. The third kappa shape index (κ3) is 2.96. The molecule has 0 radical (unpaired) electrons. The number of carbonyl (C=O) groups is 1. The van der Waals surface area contributed by atoms with Crippen molar-refractivity contribution in [2.24, 2.45) is 0 Å². The van der Waals surface area contributed by atoms with Crippen molar-refractivity contribution in [1.29, 1.82) is 0 Å². The summed E-state index contributed by atoms with van der Waals surface area (Å²) in [5.41, 5.74) is 6.02. The minimum absolute atomic E-state index is 0.00148. The van der Waals surface area contributed by atoms with E-state index in [1.165, 1.54) is 12.1 Å². The highest BCUT2D eigenvalue weighted by Crippen LogP contribution is 2.38. The number of benzene rings is 2. The fraction of sp³-hybridized carbons (Fsp3) is 0.208.